The van der Waals surface area contributed by atoms with Crippen LogP contribution in [-0.4, -0.2) is 48.1 Å². The van der Waals surface area contributed by atoms with Gasteiger partial charge in [0.15, 0.2) is 0 Å². The summed E-state index contributed by atoms with van der Waals surface area (Å²) in [6.45, 7) is 8.36. The van der Waals surface area contributed by atoms with E-state index in [0.717, 1.165) is 0 Å². The maximum atomic E-state index is 11.9. The summed E-state index contributed by atoms with van der Waals surface area (Å²) in [5, 5.41) is 2.66. The predicted molar refractivity (Wildman–Crippen MR) is 59.9 cm³/mol. The highest BCUT2D eigenvalue weighted by atomic mass is 16.5. The zero-order valence-electron chi connectivity index (χ0n) is 10.4. The van der Waals surface area contributed by atoms with E-state index in [1.807, 2.05) is 13.8 Å². The molecule has 0 saturated carbocycles. The van der Waals surface area contributed by atoms with Crippen LogP contribution in [0, 0.1) is 0 Å². The number of hydrogen-bond donors (Lipinski definition) is 1. The Balaban J connectivity index is 2.52. The number of ether oxygens (including phenoxy) is 1. The fourth-order valence-electron chi connectivity index (χ4n) is 1.66. The predicted octanol–water partition coefficient (Wildman–Crippen LogP) is 0.148. The average molecular weight is 228 g/mol. The first-order valence-electron chi connectivity index (χ1n) is 5.55. The van der Waals surface area contributed by atoms with Crippen molar-refractivity contribution in [2.24, 2.45) is 0 Å². The molecule has 0 atom stereocenters. The van der Waals surface area contributed by atoms with Crippen LogP contribution in [0.5, 0.6) is 0 Å². The SMILES string of the molecule is CC(C)OCCN1CC(=O)NC(C)(C)C1=O. The molecule has 5 heteroatoms. The Labute approximate surface area is 96.1 Å². The summed E-state index contributed by atoms with van der Waals surface area (Å²) in [5.41, 5.74) is -0.798. The molecule has 1 rings (SSSR count). The van der Waals surface area contributed by atoms with Crippen LogP contribution in [0.1, 0.15) is 27.7 Å². The molecule has 0 spiro atoms. The number of nitrogens with one attached hydrogen (secondary N) is 1. The second-order valence-corrected chi connectivity index (χ2v) is 4.82. The highest BCUT2D eigenvalue weighted by molar-refractivity contribution is 5.97. The van der Waals surface area contributed by atoms with E-state index in [1.54, 1.807) is 18.7 Å². The van der Waals surface area contributed by atoms with E-state index in [0.29, 0.717) is 13.2 Å². The number of piperazine rings is 1. The molecule has 1 heterocycles. The third kappa shape index (κ3) is 3.20. The second kappa shape index (κ2) is 4.82. The summed E-state index contributed by atoms with van der Waals surface area (Å²) >= 11 is 0. The molecule has 0 aromatic heterocycles. The minimum atomic E-state index is -0.798. The summed E-state index contributed by atoms with van der Waals surface area (Å²) in [4.78, 5) is 24.9. The number of carbonyl (C=O) groups is 2. The van der Waals surface area contributed by atoms with Gasteiger partial charge in [-0.05, 0) is 27.7 Å². The van der Waals surface area contributed by atoms with E-state index < -0.39 is 5.54 Å². The zero-order chi connectivity index (χ0) is 12.3. The topological polar surface area (TPSA) is 58.6 Å². The van der Waals surface area contributed by atoms with E-state index in [1.165, 1.54) is 0 Å². The molecule has 1 aliphatic rings. The van der Waals surface area contributed by atoms with Gasteiger partial charge in [0.1, 0.15) is 5.54 Å². The number of rotatable bonds is 4. The molecule has 92 valence electrons. The third-order valence-corrected chi connectivity index (χ3v) is 2.42. The van der Waals surface area contributed by atoms with Crippen molar-refractivity contribution in [3.8, 4) is 0 Å². The van der Waals surface area contributed by atoms with Crippen molar-refractivity contribution in [2.75, 3.05) is 19.7 Å². The Morgan fingerprint density at radius 3 is 2.62 bits per heavy atom. The molecule has 2 amide bonds. The van der Waals surface area contributed by atoms with Crippen LogP contribution in [0.3, 0.4) is 0 Å². The van der Waals surface area contributed by atoms with Gasteiger partial charge in [0.2, 0.25) is 11.8 Å². The molecular formula is C11H20N2O3. The maximum Gasteiger partial charge on any atom is 0.248 e. The molecule has 5 nitrogen and oxygen atoms in total. The van der Waals surface area contributed by atoms with Crippen LogP contribution in [0.2, 0.25) is 0 Å². The Kier molecular flexibility index (Phi) is 3.91. The first kappa shape index (κ1) is 13.0. The summed E-state index contributed by atoms with van der Waals surface area (Å²) in [6.07, 6.45) is 0.140. The fourth-order valence-corrected chi connectivity index (χ4v) is 1.66. The summed E-state index contributed by atoms with van der Waals surface area (Å²) in [7, 11) is 0. The van der Waals surface area contributed by atoms with E-state index in [2.05, 4.69) is 5.32 Å². The number of nitrogens with zero attached hydrogens (tertiary/aromatic N) is 1. The van der Waals surface area contributed by atoms with Crippen molar-refractivity contribution in [3.63, 3.8) is 0 Å². The van der Waals surface area contributed by atoms with Crippen LogP contribution in [-0.2, 0) is 14.3 Å². The Hall–Kier alpha value is -1.10. The summed E-state index contributed by atoms with van der Waals surface area (Å²) in [6, 6.07) is 0. The van der Waals surface area contributed by atoms with Gasteiger partial charge in [0.25, 0.3) is 0 Å². The quantitative estimate of drug-likeness (QED) is 0.745. The first-order valence-corrected chi connectivity index (χ1v) is 5.55. The summed E-state index contributed by atoms with van der Waals surface area (Å²) in [5.74, 6) is -0.173. The van der Waals surface area contributed by atoms with Crippen LogP contribution < -0.4 is 5.32 Å². The lowest BCUT2D eigenvalue weighted by Gasteiger charge is -2.37. The monoisotopic (exact) mass is 228 g/mol. The van der Waals surface area contributed by atoms with Gasteiger partial charge in [0.05, 0.1) is 19.3 Å². The van der Waals surface area contributed by atoms with Gasteiger partial charge in [-0.3, -0.25) is 9.59 Å². The van der Waals surface area contributed by atoms with Gasteiger partial charge >= 0.3 is 0 Å². The molecule has 1 N–H and O–H groups in total. The molecule has 0 aromatic carbocycles. The van der Waals surface area contributed by atoms with Crippen molar-refractivity contribution in [3.05, 3.63) is 0 Å². The smallest absolute Gasteiger partial charge is 0.248 e. The fraction of sp³-hybridized carbons (Fsp3) is 0.818. The summed E-state index contributed by atoms with van der Waals surface area (Å²) < 4.78 is 5.37. The van der Waals surface area contributed by atoms with Crippen molar-refractivity contribution in [1.82, 2.24) is 10.2 Å². The minimum absolute atomic E-state index is 0.0561. The van der Waals surface area contributed by atoms with Gasteiger partial charge in [-0.1, -0.05) is 0 Å². The highest BCUT2D eigenvalue weighted by Crippen LogP contribution is 2.12. The number of amides is 2. The highest BCUT2D eigenvalue weighted by Gasteiger charge is 2.38. The zero-order valence-corrected chi connectivity index (χ0v) is 10.4. The van der Waals surface area contributed by atoms with Gasteiger partial charge in [0, 0.05) is 6.54 Å². The lowest BCUT2D eigenvalue weighted by molar-refractivity contribution is -0.149. The third-order valence-electron chi connectivity index (χ3n) is 2.42. The number of hydrogen-bond acceptors (Lipinski definition) is 3. The van der Waals surface area contributed by atoms with Gasteiger partial charge in [-0.15, -0.1) is 0 Å². The van der Waals surface area contributed by atoms with E-state index in [4.69, 9.17) is 4.74 Å². The van der Waals surface area contributed by atoms with Crippen molar-refractivity contribution < 1.29 is 14.3 Å². The van der Waals surface area contributed by atoms with Crippen molar-refractivity contribution in [1.29, 1.82) is 0 Å². The molecule has 0 aromatic rings. The van der Waals surface area contributed by atoms with E-state index in [9.17, 15) is 9.59 Å². The molecule has 0 radical (unpaired) electrons. The largest absolute Gasteiger partial charge is 0.377 e. The van der Waals surface area contributed by atoms with Gasteiger partial charge < -0.3 is 15.0 Å². The molecule has 1 aliphatic heterocycles. The van der Waals surface area contributed by atoms with Crippen LogP contribution in [0.15, 0.2) is 0 Å². The van der Waals surface area contributed by atoms with Crippen LogP contribution in [0.25, 0.3) is 0 Å². The standard InChI is InChI=1S/C11H20N2O3/c1-8(2)16-6-5-13-7-9(14)12-11(3,4)10(13)15/h8H,5-7H2,1-4H3,(H,12,14). The van der Waals surface area contributed by atoms with Crippen LogP contribution >= 0.6 is 0 Å². The number of carbonyl (C=O) groups excluding carboxylic acids is 2. The Morgan fingerprint density at radius 2 is 2.06 bits per heavy atom. The average Bonchev–Trinajstić information content (AvgIpc) is 2.11. The lowest BCUT2D eigenvalue weighted by Crippen LogP contribution is -2.64. The van der Waals surface area contributed by atoms with E-state index >= 15 is 0 Å². The first-order chi connectivity index (χ1) is 7.33. The van der Waals surface area contributed by atoms with Crippen molar-refractivity contribution >= 4 is 11.8 Å². The van der Waals surface area contributed by atoms with Crippen molar-refractivity contribution in [2.45, 2.75) is 39.3 Å². The molecular weight excluding hydrogens is 208 g/mol. The van der Waals surface area contributed by atoms with Crippen LogP contribution in [0.4, 0.5) is 0 Å². The molecule has 1 saturated heterocycles. The molecule has 16 heavy (non-hydrogen) atoms. The molecule has 0 aliphatic carbocycles. The molecule has 0 bridgehead atoms. The second-order valence-electron chi connectivity index (χ2n) is 4.82. The molecule has 1 fully saturated rings. The van der Waals surface area contributed by atoms with E-state index in [-0.39, 0.29) is 24.5 Å². The maximum absolute atomic E-state index is 11.9. The Bertz CT molecular complexity index is 287. The normalized spacial score (nSPS) is 20.2. The Morgan fingerprint density at radius 1 is 1.44 bits per heavy atom. The minimum Gasteiger partial charge on any atom is -0.377 e. The van der Waals surface area contributed by atoms with Gasteiger partial charge in [-0.25, -0.2) is 0 Å². The lowest BCUT2D eigenvalue weighted by atomic mass is 10.0. The van der Waals surface area contributed by atoms with Gasteiger partial charge in [-0.2, -0.15) is 0 Å². The molecule has 0 unspecified atom stereocenters.